The number of hydrogen-bond donors (Lipinski definition) is 2. The number of rotatable bonds is 4. The molecule has 0 fully saturated rings. The molecule has 0 spiro atoms. The van der Waals surface area contributed by atoms with E-state index in [9.17, 15) is 4.79 Å². The van der Waals surface area contributed by atoms with Gasteiger partial charge < -0.3 is 10.2 Å². The van der Waals surface area contributed by atoms with Crippen LogP contribution in [0.3, 0.4) is 0 Å². The largest absolute Gasteiger partial charge is 0.514 e. The lowest BCUT2D eigenvalue weighted by Crippen LogP contribution is -2.18. The molecule has 5 heteroatoms. The predicted octanol–water partition coefficient (Wildman–Crippen LogP) is 0.674. The number of aliphatic hydroxyl groups is 2. The van der Waals surface area contributed by atoms with Gasteiger partial charge in [0, 0.05) is 6.07 Å². The molecule has 15 heavy (non-hydrogen) atoms. The van der Waals surface area contributed by atoms with E-state index in [1.54, 1.807) is 0 Å². The van der Waals surface area contributed by atoms with E-state index in [1.807, 2.05) is 6.92 Å². The van der Waals surface area contributed by atoms with Gasteiger partial charge in [0.25, 0.3) is 0 Å². The fourth-order valence-electron chi connectivity index (χ4n) is 1.26. The summed E-state index contributed by atoms with van der Waals surface area (Å²) in [5, 5.41) is 21.6. The first kappa shape index (κ1) is 11.5. The van der Waals surface area contributed by atoms with Crippen LogP contribution in [0.25, 0.3) is 6.20 Å². The number of hydrogen-bond acceptors (Lipinski definition) is 4. The van der Waals surface area contributed by atoms with Crippen LogP contribution in [0.1, 0.15) is 24.7 Å². The molecule has 5 nitrogen and oxygen atoms in total. The van der Waals surface area contributed by atoms with Crippen molar-refractivity contribution in [1.82, 2.24) is 9.78 Å². The van der Waals surface area contributed by atoms with Gasteiger partial charge in [0.05, 0.1) is 24.8 Å². The van der Waals surface area contributed by atoms with Crippen LogP contribution in [0.2, 0.25) is 0 Å². The lowest BCUT2D eigenvalue weighted by Gasteiger charge is -2.06. The van der Waals surface area contributed by atoms with E-state index in [0.717, 1.165) is 12.7 Å². The van der Waals surface area contributed by atoms with Gasteiger partial charge in [-0.05, 0) is 6.42 Å². The summed E-state index contributed by atoms with van der Waals surface area (Å²) < 4.78 is 1.30. The summed E-state index contributed by atoms with van der Waals surface area (Å²) in [4.78, 5) is 11.5. The van der Waals surface area contributed by atoms with Crippen LogP contribution >= 0.6 is 0 Å². The number of nitrogens with zero attached hydrogens (tertiary/aromatic N) is 2. The highest BCUT2D eigenvalue weighted by Crippen LogP contribution is 1.99. The Labute approximate surface area is 87.3 Å². The van der Waals surface area contributed by atoms with Crippen LogP contribution in [-0.4, -0.2) is 20.0 Å². The van der Waals surface area contributed by atoms with Crippen LogP contribution in [0.5, 0.6) is 0 Å². The average Bonchev–Trinajstić information content (AvgIpc) is 2.23. The molecule has 0 saturated carbocycles. The molecule has 1 rings (SSSR count). The van der Waals surface area contributed by atoms with Gasteiger partial charge in [0.2, 0.25) is 5.43 Å². The second-order valence-corrected chi connectivity index (χ2v) is 3.10. The smallest absolute Gasteiger partial charge is 0.203 e. The number of aromatic nitrogens is 2. The van der Waals surface area contributed by atoms with Gasteiger partial charge in [-0.2, -0.15) is 5.10 Å². The third-order valence-electron chi connectivity index (χ3n) is 1.96. The monoisotopic (exact) mass is 210 g/mol. The lowest BCUT2D eigenvalue weighted by molar-refractivity contribution is 0.271. The average molecular weight is 210 g/mol. The summed E-state index contributed by atoms with van der Waals surface area (Å²) in [5.74, 6) is 0. The maximum Gasteiger partial charge on any atom is 0.203 e. The van der Waals surface area contributed by atoms with Gasteiger partial charge in [0.15, 0.2) is 0 Å². The molecule has 1 aromatic heterocycles. The van der Waals surface area contributed by atoms with E-state index in [0.29, 0.717) is 17.8 Å². The Hall–Kier alpha value is -1.62. The summed E-state index contributed by atoms with van der Waals surface area (Å²) in [6, 6.07) is 1.33. The Kier molecular flexibility index (Phi) is 4.05. The van der Waals surface area contributed by atoms with Gasteiger partial charge in [-0.25, -0.2) is 4.68 Å². The third-order valence-corrected chi connectivity index (χ3v) is 1.96. The van der Waals surface area contributed by atoms with Crippen molar-refractivity contribution in [2.75, 3.05) is 0 Å². The first-order chi connectivity index (χ1) is 7.22. The maximum absolute atomic E-state index is 11.5. The van der Waals surface area contributed by atoms with Crippen LogP contribution < -0.4 is 5.43 Å². The molecule has 0 saturated heterocycles. The molecule has 0 aliphatic heterocycles. The van der Waals surface area contributed by atoms with Crippen molar-refractivity contribution in [2.45, 2.75) is 26.4 Å². The van der Waals surface area contributed by atoms with Crippen LogP contribution in [0, 0.1) is 0 Å². The van der Waals surface area contributed by atoms with E-state index in [-0.39, 0.29) is 12.0 Å². The van der Waals surface area contributed by atoms with Crippen LogP contribution in [0.15, 0.2) is 17.1 Å². The van der Waals surface area contributed by atoms with Gasteiger partial charge in [0.1, 0.15) is 5.69 Å². The maximum atomic E-state index is 11.5. The molecule has 0 atom stereocenters. The first-order valence-electron chi connectivity index (χ1n) is 4.76. The van der Waals surface area contributed by atoms with Crippen molar-refractivity contribution in [3.05, 3.63) is 33.9 Å². The van der Waals surface area contributed by atoms with Crippen LogP contribution in [0.4, 0.5) is 0 Å². The summed E-state index contributed by atoms with van der Waals surface area (Å²) in [6.07, 6.45) is 3.50. The first-order valence-corrected chi connectivity index (χ1v) is 4.76. The van der Waals surface area contributed by atoms with Crippen molar-refractivity contribution in [2.24, 2.45) is 0 Å². The van der Waals surface area contributed by atoms with E-state index < -0.39 is 0 Å². The number of aliphatic hydroxyl groups excluding tert-OH is 2. The minimum Gasteiger partial charge on any atom is -0.514 e. The highest BCUT2D eigenvalue weighted by atomic mass is 16.3. The van der Waals surface area contributed by atoms with Crippen molar-refractivity contribution < 1.29 is 10.2 Å². The summed E-state index contributed by atoms with van der Waals surface area (Å²) in [5.41, 5.74) is 0.612. The van der Waals surface area contributed by atoms with E-state index in [1.165, 1.54) is 16.9 Å². The Morgan fingerprint density at radius 3 is 2.87 bits per heavy atom. The fourth-order valence-corrected chi connectivity index (χ4v) is 1.26. The standard InChI is InChI=1S/C10H14N2O3/c1-2-3-9-10(15)6-8(7-14)12(11-9)4-5-13/h4-6,13-14H,2-3,7H2,1H3/b5-4-. The summed E-state index contributed by atoms with van der Waals surface area (Å²) >= 11 is 0. The molecule has 82 valence electrons. The molecule has 0 amide bonds. The Morgan fingerprint density at radius 1 is 1.60 bits per heavy atom. The van der Waals surface area contributed by atoms with E-state index >= 15 is 0 Å². The molecule has 2 N–H and O–H groups in total. The third kappa shape index (κ3) is 2.66. The zero-order valence-corrected chi connectivity index (χ0v) is 8.55. The van der Waals surface area contributed by atoms with Gasteiger partial charge >= 0.3 is 0 Å². The van der Waals surface area contributed by atoms with Crippen molar-refractivity contribution in [1.29, 1.82) is 0 Å². The zero-order chi connectivity index (χ0) is 11.3. The molecule has 1 heterocycles. The molecule has 0 aliphatic rings. The van der Waals surface area contributed by atoms with Crippen LogP contribution in [-0.2, 0) is 13.0 Å². The van der Waals surface area contributed by atoms with E-state index in [2.05, 4.69) is 5.10 Å². The Balaban J connectivity index is 3.23. The highest BCUT2D eigenvalue weighted by molar-refractivity contribution is 5.23. The normalized spacial score (nSPS) is 11.1. The van der Waals surface area contributed by atoms with Gasteiger partial charge in [-0.1, -0.05) is 13.3 Å². The molecular formula is C10H14N2O3. The topological polar surface area (TPSA) is 75.3 Å². The number of aryl methyl sites for hydroxylation is 1. The summed E-state index contributed by atoms with van der Waals surface area (Å²) in [7, 11) is 0. The zero-order valence-electron chi connectivity index (χ0n) is 8.55. The minimum atomic E-state index is -0.293. The molecule has 0 bridgehead atoms. The molecular weight excluding hydrogens is 196 g/mol. The van der Waals surface area contributed by atoms with Crippen molar-refractivity contribution in [3.8, 4) is 0 Å². The predicted molar refractivity (Wildman–Crippen MR) is 56.4 cm³/mol. The lowest BCUT2D eigenvalue weighted by atomic mass is 10.2. The second kappa shape index (κ2) is 5.31. The van der Waals surface area contributed by atoms with Crippen molar-refractivity contribution >= 4 is 6.20 Å². The Bertz CT molecular complexity index is 410. The summed E-state index contributed by atoms with van der Waals surface area (Å²) in [6.45, 7) is 1.66. The molecule has 1 aromatic rings. The van der Waals surface area contributed by atoms with Gasteiger partial charge in [-0.15, -0.1) is 0 Å². The van der Waals surface area contributed by atoms with E-state index in [4.69, 9.17) is 10.2 Å². The minimum absolute atomic E-state index is 0.177. The molecule has 0 radical (unpaired) electrons. The molecule has 0 aromatic carbocycles. The quantitative estimate of drug-likeness (QED) is 0.716. The second-order valence-electron chi connectivity index (χ2n) is 3.10. The SMILES string of the molecule is CCCc1nn(/C=C\O)c(CO)cc1=O. The fraction of sp³-hybridized carbons (Fsp3) is 0.400. The Morgan fingerprint density at radius 2 is 2.33 bits per heavy atom. The molecule has 0 aliphatic carbocycles. The molecule has 0 unspecified atom stereocenters. The van der Waals surface area contributed by atoms with Crippen molar-refractivity contribution in [3.63, 3.8) is 0 Å². The van der Waals surface area contributed by atoms with Gasteiger partial charge in [-0.3, -0.25) is 4.79 Å². The highest BCUT2D eigenvalue weighted by Gasteiger charge is 2.05.